The zero-order valence-corrected chi connectivity index (χ0v) is 10.6. The minimum absolute atomic E-state index is 0.304. The molecule has 1 aromatic carbocycles. The summed E-state index contributed by atoms with van der Waals surface area (Å²) in [5, 5.41) is 10.9. The van der Waals surface area contributed by atoms with Gasteiger partial charge in [0.15, 0.2) is 0 Å². The Hall–Kier alpha value is -0.860. The highest BCUT2D eigenvalue weighted by molar-refractivity contribution is 5.24. The first-order chi connectivity index (χ1) is 8.16. The van der Waals surface area contributed by atoms with Crippen LogP contribution in [0, 0.1) is 11.8 Å². The van der Waals surface area contributed by atoms with Crippen LogP contribution in [0.4, 0.5) is 0 Å². The van der Waals surface area contributed by atoms with Crippen molar-refractivity contribution in [1.82, 2.24) is 0 Å². The molecule has 1 saturated carbocycles. The molecule has 17 heavy (non-hydrogen) atoms. The van der Waals surface area contributed by atoms with Crippen molar-refractivity contribution in [2.75, 3.05) is 6.54 Å². The first-order valence-corrected chi connectivity index (χ1v) is 6.65. The number of nitrogens with two attached hydrogens (primary N) is 1. The summed E-state index contributed by atoms with van der Waals surface area (Å²) in [6.07, 6.45) is 4.67. The maximum absolute atomic E-state index is 10.9. The number of hydrogen-bond acceptors (Lipinski definition) is 2. The van der Waals surface area contributed by atoms with Crippen LogP contribution < -0.4 is 5.73 Å². The predicted molar refractivity (Wildman–Crippen MR) is 70.5 cm³/mol. The molecule has 0 aromatic heterocycles. The first-order valence-electron chi connectivity index (χ1n) is 6.65. The highest BCUT2D eigenvalue weighted by atomic mass is 16.3. The van der Waals surface area contributed by atoms with E-state index in [1.807, 2.05) is 30.3 Å². The van der Waals surface area contributed by atoms with Crippen LogP contribution in [0.1, 0.15) is 38.2 Å². The SMILES string of the molecule is CC1CCCC(C(O)(CN)c2ccccc2)C1. The van der Waals surface area contributed by atoms with Gasteiger partial charge in [0.05, 0.1) is 0 Å². The summed E-state index contributed by atoms with van der Waals surface area (Å²) in [5.74, 6) is 1.01. The highest BCUT2D eigenvalue weighted by Gasteiger charge is 2.38. The zero-order chi connectivity index (χ0) is 12.3. The molecule has 0 radical (unpaired) electrons. The Balaban J connectivity index is 2.24. The molecule has 2 rings (SSSR count). The average molecular weight is 233 g/mol. The Kier molecular flexibility index (Phi) is 3.85. The molecule has 3 N–H and O–H groups in total. The van der Waals surface area contributed by atoms with Crippen molar-refractivity contribution in [1.29, 1.82) is 0 Å². The Morgan fingerprint density at radius 3 is 2.59 bits per heavy atom. The van der Waals surface area contributed by atoms with Gasteiger partial charge in [-0.05, 0) is 30.2 Å². The molecular formula is C15H23NO. The molecule has 1 aliphatic rings. The van der Waals surface area contributed by atoms with Gasteiger partial charge in [0.2, 0.25) is 0 Å². The number of rotatable bonds is 3. The van der Waals surface area contributed by atoms with Gasteiger partial charge in [0.1, 0.15) is 5.60 Å². The van der Waals surface area contributed by atoms with Gasteiger partial charge in [-0.2, -0.15) is 0 Å². The van der Waals surface area contributed by atoms with E-state index >= 15 is 0 Å². The van der Waals surface area contributed by atoms with E-state index in [1.54, 1.807) is 0 Å². The Labute approximate surface area is 104 Å². The molecule has 1 aliphatic carbocycles. The Morgan fingerprint density at radius 2 is 2.00 bits per heavy atom. The van der Waals surface area contributed by atoms with Crippen LogP contribution in [0.25, 0.3) is 0 Å². The van der Waals surface area contributed by atoms with E-state index in [4.69, 9.17) is 5.73 Å². The summed E-state index contributed by atoms with van der Waals surface area (Å²) >= 11 is 0. The lowest BCUT2D eigenvalue weighted by Crippen LogP contribution is -2.44. The maximum Gasteiger partial charge on any atom is 0.105 e. The first kappa shape index (κ1) is 12.6. The lowest BCUT2D eigenvalue weighted by Gasteiger charge is -2.40. The third-order valence-corrected chi connectivity index (χ3v) is 4.20. The molecule has 3 unspecified atom stereocenters. The topological polar surface area (TPSA) is 46.2 Å². The molecule has 2 heteroatoms. The minimum Gasteiger partial charge on any atom is -0.384 e. The summed E-state index contributed by atoms with van der Waals surface area (Å²) < 4.78 is 0. The predicted octanol–water partition coefficient (Wildman–Crippen LogP) is 2.66. The molecule has 1 aromatic rings. The second kappa shape index (κ2) is 5.19. The van der Waals surface area contributed by atoms with Crippen molar-refractivity contribution in [2.45, 2.75) is 38.2 Å². The van der Waals surface area contributed by atoms with Crippen molar-refractivity contribution >= 4 is 0 Å². The minimum atomic E-state index is -0.837. The summed E-state index contributed by atoms with van der Waals surface area (Å²) in [7, 11) is 0. The third kappa shape index (κ3) is 2.53. The van der Waals surface area contributed by atoms with Crippen LogP contribution in [-0.4, -0.2) is 11.7 Å². The number of benzene rings is 1. The van der Waals surface area contributed by atoms with E-state index in [9.17, 15) is 5.11 Å². The van der Waals surface area contributed by atoms with Gasteiger partial charge in [-0.25, -0.2) is 0 Å². The van der Waals surface area contributed by atoms with Gasteiger partial charge < -0.3 is 10.8 Å². The summed E-state index contributed by atoms with van der Waals surface area (Å²) in [6, 6.07) is 9.91. The molecule has 94 valence electrons. The molecule has 0 spiro atoms. The molecule has 0 saturated heterocycles. The Bertz CT molecular complexity index is 351. The van der Waals surface area contributed by atoms with Gasteiger partial charge in [-0.15, -0.1) is 0 Å². The lowest BCUT2D eigenvalue weighted by atomic mass is 9.70. The van der Waals surface area contributed by atoms with E-state index in [1.165, 1.54) is 12.8 Å². The van der Waals surface area contributed by atoms with Gasteiger partial charge >= 0.3 is 0 Å². The smallest absolute Gasteiger partial charge is 0.105 e. The lowest BCUT2D eigenvalue weighted by molar-refractivity contribution is -0.0379. The molecule has 2 nitrogen and oxygen atoms in total. The molecule has 0 bridgehead atoms. The molecule has 1 fully saturated rings. The van der Waals surface area contributed by atoms with Crippen LogP contribution in [0.2, 0.25) is 0 Å². The van der Waals surface area contributed by atoms with Gasteiger partial charge in [0, 0.05) is 6.54 Å². The van der Waals surface area contributed by atoms with Crippen LogP contribution in [0.15, 0.2) is 30.3 Å². The third-order valence-electron chi connectivity index (χ3n) is 4.20. The van der Waals surface area contributed by atoms with Crippen molar-refractivity contribution < 1.29 is 5.11 Å². The second-order valence-electron chi connectivity index (χ2n) is 5.46. The second-order valence-corrected chi connectivity index (χ2v) is 5.46. The Morgan fingerprint density at radius 1 is 1.29 bits per heavy atom. The van der Waals surface area contributed by atoms with Gasteiger partial charge in [0.25, 0.3) is 0 Å². The van der Waals surface area contributed by atoms with E-state index in [-0.39, 0.29) is 0 Å². The van der Waals surface area contributed by atoms with Crippen molar-refractivity contribution in [3.8, 4) is 0 Å². The number of hydrogen-bond donors (Lipinski definition) is 2. The monoisotopic (exact) mass is 233 g/mol. The van der Waals surface area contributed by atoms with E-state index in [0.717, 1.165) is 18.4 Å². The van der Waals surface area contributed by atoms with E-state index < -0.39 is 5.60 Å². The summed E-state index contributed by atoms with van der Waals surface area (Å²) in [5.41, 5.74) is 6.00. The fourth-order valence-electron chi connectivity index (χ4n) is 3.11. The van der Waals surface area contributed by atoms with Crippen molar-refractivity contribution in [2.24, 2.45) is 17.6 Å². The van der Waals surface area contributed by atoms with Gasteiger partial charge in [-0.3, -0.25) is 0 Å². The summed E-state index contributed by atoms with van der Waals surface area (Å²) in [6.45, 7) is 2.59. The molecule has 3 atom stereocenters. The van der Waals surface area contributed by atoms with Crippen LogP contribution in [0.5, 0.6) is 0 Å². The van der Waals surface area contributed by atoms with E-state index in [0.29, 0.717) is 18.4 Å². The zero-order valence-electron chi connectivity index (χ0n) is 10.6. The van der Waals surface area contributed by atoms with E-state index in [2.05, 4.69) is 6.92 Å². The van der Waals surface area contributed by atoms with Crippen LogP contribution >= 0.6 is 0 Å². The van der Waals surface area contributed by atoms with Gasteiger partial charge in [-0.1, -0.05) is 50.1 Å². The quantitative estimate of drug-likeness (QED) is 0.843. The molecular weight excluding hydrogens is 210 g/mol. The highest BCUT2D eigenvalue weighted by Crippen LogP contribution is 2.40. The fraction of sp³-hybridized carbons (Fsp3) is 0.600. The number of aliphatic hydroxyl groups is 1. The summed E-state index contributed by atoms with van der Waals surface area (Å²) in [4.78, 5) is 0. The van der Waals surface area contributed by atoms with Crippen molar-refractivity contribution in [3.63, 3.8) is 0 Å². The largest absolute Gasteiger partial charge is 0.384 e. The van der Waals surface area contributed by atoms with Crippen LogP contribution in [0.3, 0.4) is 0 Å². The standard InChI is InChI=1S/C15H23NO/c1-12-6-5-9-14(10-12)15(17,11-16)13-7-3-2-4-8-13/h2-4,7-8,12,14,17H,5-6,9-11,16H2,1H3. The fourth-order valence-corrected chi connectivity index (χ4v) is 3.11. The van der Waals surface area contributed by atoms with Crippen LogP contribution in [-0.2, 0) is 5.60 Å². The average Bonchev–Trinajstić information content (AvgIpc) is 2.39. The van der Waals surface area contributed by atoms with Crippen molar-refractivity contribution in [3.05, 3.63) is 35.9 Å². The normalized spacial score (nSPS) is 28.6. The molecule has 0 heterocycles. The maximum atomic E-state index is 10.9. The molecule has 0 aliphatic heterocycles. The molecule has 0 amide bonds.